The van der Waals surface area contributed by atoms with Gasteiger partial charge >= 0.3 is 0 Å². The molecule has 1 aromatic heterocycles. The van der Waals surface area contributed by atoms with Crippen molar-refractivity contribution in [2.75, 3.05) is 5.32 Å². The highest BCUT2D eigenvalue weighted by Gasteiger charge is 2.10. The molecule has 20 heavy (non-hydrogen) atoms. The molecule has 6 heteroatoms. The third-order valence-corrected chi connectivity index (χ3v) is 2.90. The molecule has 0 aliphatic carbocycles. The Labute approximate surface area is 115 Å². The van der Waals surface area contributed by atoms with Crippen LogP contribution in [0.1, 0.15) is 16.8 Å². The molecular weight excluding hydrogens is 256 g/mol. The van der Waals surface area contributed by atoms with Crippen molar-refractivity contribution in [2.24, 2.45) is 0 Å². The molecule has 0 aliphatic rings. The second-order valence-corrected chi connectivity index (χ2v) is 4.22. The number of hydrogen-bond donors (Lipinski definition) is 1. The van der Waals surface area contributed by atoms with Crippen molar-refractivity contribution in [3.8, 4) is 6.07 Å². The molecule has 100 valence electrons. The van der Waals surface area contributed by atoms with Gasteiger partial charge in [0.2, 0.25) is 0 Å². The van der Waals surface area contributed by atoms with E-state index in [1.807, 2.05) is 25.1 Å². The molecule has 0 unspecified atom stereocenters. The summed E-state index contributed by atoms with van der Waals surface area (Å²) in [5.41, 5.74) is 2.62. The van der Waals surface area contributed by atoms with Crippen molar-refractivity contribution in [3.05, 3.63) is 63.5 Å². The number of non-ortho nitro benzene ring substituents is 1. The maximum Gasteiger partial charge on any atom is 0.270 e. The topological polar surface area (TPSA) is 91.8 Å². The zero-order valence-corrected chi connectivity index (χ0v) is 10.8. The van der Waals surface area contributed by atoms with E-state index >= 15 is 0 Å². The van der Waals surface area contributed by atoms with Gasteiger partial charge in [-0.15, -0.1) is 0 Å². The van der Waals surface area contributed by atoms with Crippen molar-refractivity contribution >= 4 is 11.4 Å². The molecule has 0 atom stereocenters. The molecular formula is C14H12N4O2. The van der Waals surface area contributed by atoms with Gasteiger partial charge in [0, 0.05) is 18.3 Å². The summed E-state index contributed by atoms with van der Waals surface area (Å²) in [6, 6.07) is 9.92. The third-order valence-electron chi connectivity index (χ3n) is 2.90. The summed E-state index contributed by atoms with van der Waals surface area (Å²) in [6.45, 7) is 2.41. The van der Waals surface area contributed by atoms with Crippen LogP contribution in [0.4, 0.5) is 11.4 Å². The Balaban J connectivity index is 2.20. The molecule has 1 N–H and O–H groups in total. The molecule has 1 aromatic carbocycles. The van der Waals surface area contributed by atoms with Gasteiger partial charge in [0.25, 0.3) is 5.69 Å². The van der Waals surface area contributed by atoms with Gasteiger partial charge in [-0.1, -0.05) is 6.07 Å². The first-order chi connectivity index (χ1) is 9.61. The van der Waals surface area contributed by atoms with E-state index in [0.29, 0.717) is 12.2 Å². The van der Waals surface area contributed by atoms with Crippen LogP contribution in [0.3, 0.4) is 0 Å². The highest BCUT2D eigenvalue weighted by Crippen LogP contribution is 2.22. The van der Waals surface area contributed by atoms with E-state index in [-0.39, 0.29) is 11.3 Å². The fraction of sp³-hybridized carbons (Fsp3) is 0.143. The summed E-state index contributed by atoms with van der Waals surface area (Å²) in [4.78, 5) is 14.4. The SMILES string of the molecule is Cc1cccnc1CNc1ccc([N+](=O)[O-])cc1C#N. The summed E-state index contributed by atoms with van der Waals surface area (Å²) in [5.74, 6) is 0. The summed E-state index contributed by atoms with van der Waals surface area (Å²) in [7, 11) is 0. The molecule has 1 heterocycles. The lowest BCUT2D eigenvalue weighted by Crippen LogP contribution is -2.05. The predicted octanol–water partition coefficient (Wildman–Crippen LogP) is 2.78. The number of aromatic nitrogens is 1. The normalized spacial score (nSPS) is 9.80. The van der Waals surface area contributed by atoms with Crippen LogP contribution in [-0.2, 0) is 6.54 Å². The van der Waals surface area contributed by atoms with Crippen LogP contribution in [0.25, 0.3) is 0 Å². The molecule has 2 aromatic rings. The number of benzene rings is 1. The van der Waals surface area contributed by atoms with Gasteiger partial charge in [0.1, 0.15) is 6.07 Å². The van der Waals surface area contributed by atoms with E-state index in [1.54, 1.807) is 6.20 Å². The number of nitriles is 1. The minimum absolute atomic E-state index is 0.0962. The number of nitro benzene ring substituents is 1. The molecule has 0 spiro atoms. The van der Waals surface area contributed by atoms with Crippen LogP contribution >= 0.6 is 0 Å². The van der Waals surface area contributed by atoms with Crippen LogP contribution in [0.5, 0.6) is 0 Å². The lowest BCUT2D eigenvalue weighted by molar-refractivity contribution is -0.384. The average molecular weight is 268 g/mol. The quantitative estimate of drug-likeness (QED) is 0.680. The van der Waals surface area contributed by atoms with Gasteiger partial charge in [-0.25, -0.2) is 0 Å². The third kappa shape index (κ3) is 2.90. The van der Waals surface area contributed by atoms with Crippen molar-refractivity contribution in [1.29, 1.82) is 5.26 Å². The fourth-order valence-corrected chi connectivity index (χ4v) is 1.77. The van der Waals surface area contributed by atoms with E-state index in [2.05, 4.69) is 10.3 Å². The fourth-order valence-electron chi connectivity index (χ4n) is 1.77. The van der Waals surface area contributed by atoms with Crippen molar-refractivity contribution < 1.29 is 4.92 Å². The molecule has 0 amide bonds. The summed E-state index contributed by atoms with van der Waals surface area (Å²) in [6.07, 6.45) is 1.70. The first-order valence-corrected chi connectivity index (χ1v) is 5.94. The highest BCUT2D eigenvalue weighted by atomic mass is 16.6. The second-order valence-electron chi connectivity index (χ2n) is 4.22. The van der Waals surface area contributed by atoms with Crippen LogP contribution in [0.15, 0.2) is 36.5 Å². The van der Waals surface area contributed by atoms with E-state index in [1.165, 1.54) is 18.2 Å². The Kier molecular flexibility index (Phi) is 3.91. The summed E-state index contributed by atoms with van der Waals surface area (Å²) < 4.78 is 0. The first-order valence-electron chi connectivity index (χ1n) is 5.94. The molecule has 0 saturated carbocycles. The molecule has 0 radical (unpaired) electrons. The number of rotatable bonds is 4. The van der Waals surface area contributed by atoms with Gasteiger partial charge in [-0.05, 0) is 24.6 Å². The number of nitro groups is 1. The Hall–Kier alpha value is -2.94. The molecule has 0 aliphatic heterocycles. The van der Waals surface area contributed by atoms with Gasteiger partial charge < -0.3 is 5.32 Å². The maximum absolute atomic E-state index is 10.7. The minimum Gasteiger partial charge on any atom is -0.378 e. The Morgan fingerprint density at radius 1 is 1.45 bits per heavy atom. The summed E-state index contributed by atoms with van der Waals surface area (Å²) in [5, 5.41) is 22.8. The maximum atomic E-state index is 10.7. The Bertz CT molecular complexity index is 692. The van der Waals surface area contributed by atoms with E-state index in [4.69, 9.17) is 5.26 Å². The van der Waals surface area contributed by atoms with E-state index < -0.39 is 4.92 Å². The number of pyridine rings is 1. The zero-order chi connectivity index (χ0) is 14.5. The lowest BCUT2D eigenvalue weighted by Gasteiger charge is -2.09. The zero-order valence-electron chi connectivity index (χ0n) is 10.8. The first kappa shape index (κ1) is 13.5. The van der Waals surface area contributed by atoms with Crippen molar-refractivity contribution in [1.82, 2.24) is 4.98 Å². The monoisotopic (exact) mass is 268 g/mol. The van der Waals surface area contributed by atoms with E-state index in [0.717, 1.165) is 11.3 Å². The number of aryl methyl sites for hydroxylation is 1. The smallest absolute Gasteiger partial charge is 0.270 e. The molecule has 2 rings (SSSR count). The molecule has 0 fully saturated rings. The number of nitrogens with zero attached hydrogens (tertiary/aromatic N) is 3. The highest BCUT2D eigenvalue weighted by molar-refractivity contribution is 5.61. The number of anilines is 1. The second kappa shape index (κ2) is 5.80. The predicted molar refractivity (Wildman–Crippen MR) is 74.1 cm³/mol. The number of hydrogen-bond acceptors (Lipinski definition) is 5. The largest absolute Gasteiger partial charge is 0.378 e. The van der Waals surface area contributed by atoms with E-state index in [9.17, 15) is 10.1 Å². The van der Waals surface area contributed by atoms with Gasteiger partial charge in [-0.3, -0.25) is 15.1 Å². The van der Waals surface area contributed by atoms with Crippen molar-refractivity contribution in [3.63, 3.8) is 0 Å². The average Bonchev–Trinajstić information content (AvgIpc) is 2.46. The van der Waals surface area contributed by atoms with Crippen LogP contribution in [-0.4, -0.2) is 9.91 Å². The van der Waals surface area contributed by atoms with Crippen LogP contribution < -0.4 is 5.32 Å². The molecule has 0 saturated heterocycles. The number of nitrogens with one attached hydrogen (secondary N) is 1. The van der Waals surface area contributed by atoms with Gasteiger partial charge in [-0.2, -0.15) is 5.26 Å². The molecule has 0 bridgehead atoms. The van der Waals surface area contributed by atoms with Gasteiger partial charge in [0.15, 0.2) is 0 Å². The Morgan fingerprint density at radius 2 is 2.25 bits per heavy atom. The molecule has 6 nitrogen and oxygen atoms in total. The Morgan fingerprint density at radius 3 is 2.90 bits per heavy atom. The van der Waals surface area contributed by atoms with Crippen LogP contribution in [0.2, 0.25) is 0 Å². The minimum atomic E-state index is -0.520. The standard InChI is InChI=1S/C14H12N4O2/c1-10-3-2-6-16-14(10)9-17-13-5-4-12(18(19)20)7-11(13)8-15/h2-7,17H,9H2,1H3. The summed E-state index contributed by atoms with van der Waals surface area (Å²) >= 11 is 0. The van der Waals surface area contributed by atoms with Crippen LogP contribution in [0, 0.1) is 28.4 Å². The van der Waals surface area contributed by atoms with Gasteiger partial charge in [0.05, 0.1) is 28.4 Å². The van der Waals surface area contributed by atoms with Crippen molar-refractivity contribution in [2.45, 2.75) is 13.5 Å². The lowest BCUT2D eigenvalue weighted by atomic mass is 10.1.